The fraction of sp³-hybridized carbons (Fsp3) is 0.464. The molecule has 4 amide bonds. The number of piperazine rings is 1. The number of nitrogens with zero attached hydrogens (tertiary/aromatic N) is 4. The Hall–Kier alpha value is -3.50. The predicted octanol–water partition coefficient (Wildman–Crippen LogP) is 2.97. The number of benzene rings is 2. The summed E-state index contributed by atoms with van der Waals surface area (Å²) in [5.74, 6) is -0.680. The van der Waals surface area contributed by atoms with E-state index in [1.54, 1.807) is 45.1 Å². The van der Waals surface area contributed by atoms with Gasteiger partial charge in [0, 0.05) is 19.2 Å². The third-order valence-electron chi connectivity index (χ3n) is 7.05. The van der Waals surface area contributed by atoms with Crippen LogP contribution in [-0.2, 0) is 27.5 Å². The lowest BCUT2D eigenvalue weighted by Gasteiger charge is -2.55. The number of carbonyl (C=O) groups is 3. The van der Waals surface area contributed by atoms with Crippen LogP contribution in [0, 0.1) is 5.82 Å². The molecular weight excluding hydrogens is 489 g/mol. The van der Waals surface area contributed by atoms with Crippen LogP contribution >= 0.6 is 0 Å². The van der Waals surface area contributed by atoms with E-state index in [1.807, 2.05) is 44.2 Å². The van der Waals surface area contributed by atoms with Crippen molar-refractivity contribution in [2.24, 2.45) is 0 Å². The van der Waals surface area contributed by atoms with Gasteiger partial charge in [-0.2, -0.15) is 0 Å². The number of hydrazine groups is 1. The molecule has 2 heterocycles. The molecule has 10 heteroatoms. The Morgan fingerprint density at radius 2 is 1.84 bits per heavy atom. The maximum atomic E-state index is 14.0. The summed E-state index contributed by atoms with van der Waals surface area (Å²) in [5.41, 5.74) is 1.40. The summed E-state index contributed by atoms with van der Waals surface area (Å²) in [6, 6.07) is 14.7. The van der Waals surface area contributed by atoms with Crippen molar-refractivity contribution in [3.63, 3.8) is 0 Å². The zero-order valence-corrected chi connectivity index (χ0v) is 22.2. The molecule has 2 saturated heterocycles. The number of fused-ring (bicyclic) bond motifs is 1. The molecule has 9 nitrogen and oxygen atoms in total. The van der Waals surface area contributed by atoms with Crippen molar-refractivity contribution in [1.29, 1.82) is 0 Å². The van der Waals surface area contributed by atoms with Gasteiger partial charge in [0.2, 0.25) is 11.8 Å². The maximum absolute atomic E-state index is 14.0. The van der Waals surface area contributed by atoms with Crippen molar-refractivity contribution in [1.82, 2.24) is 25.1 Å². The van der Waals surface area contributed by atoms with E-state index in [4.69, 9.17) is 4.74 Å². The smallest absolute Gasteiger partial charge is 0.334 e. The van der Waals surface area contributed by atoms with Crippen molar-refractivity contribution < 1.29 is 23.5 Å². The van der Waals surface area contributed by atoms with E-state index in [1.165, 1.54) is 6.07 Å². The van der Waals surface area contributed by atoms with Crippen molar-refractivity contribution in [2.75, 3.05) is 26.7 Å². The molecule has 1 N–H and O–H groups in total. The van der Waals surface area contributed by atoms with E-state index >= 15 is 0 Å². The van der Waals surface area contributed by atoms with Gasteiger partial charge in [0.25, 0.3) is 0 Å². The number of rotatable bonds is 9. The molecule has 38 heavy (non-hydrogen) atoms. The van der Waals surface area contributed by atoms with E-state index in [2.05, 4.69) is 5.32 Å². The molecule has 2 aromatic rings. The molecule has 0 aliphatic carbocycles. The number of amides is 4. The van der Waals surface area contributed by atoms with Crippen LogP contribution < -0.4 is 5.32 Å². The first-order valence-electron chi connectivity index (χ1n) is 13.1. The lowest BCUT2D eigenvalue weighted by molar-refractivity contribution is -0.190. The van der Waals surface area contributed by atoms with Crippen molar-refractivity contribution in [2.45, 2.75) is 58.1 Å². The highest BCUT2D eigenvalue weighted by Crippen LogP contribution is 2.29. The van der Waals surface area contributed by atoms with Crippen LogP contribution in [-0.4, -0.2) is 82.7 Å². The molecule has 2 aromatic carbocycles. The Morgan fingerprint density at radius 3 is 2.55 bits per heavy atom. The van der Waals surface area contributed by atoms with Crippen LogP contribution in [0.15, 0.2) is 54.6 Å². The third-order valence-corrected chi connectivity index (χ3v) is 7.05. The highest BCUT2D eigenvalue weighted by atomic mass is 19.1. The lowest BCUT2D eigenvalue weighted by atomic mass is 10.0. The van der Waals surface area contributed by atoms with Gasteiger partial charge in [0.15, 0.2) is 0 Å². The highest BCUT2D eigenvalue weighted by Gasteiger charge is 2.51. The molecule has 2 aliphatic rings. The number of hydrogen-bond acceptors (Lipinski definition) is 5. The molecule has 2 aliphatic heterocycles. The van der Waals surface area contributed by atoms with Gasteiger partial charge < -0.3 is 19.9 Å². The Labute approximate surface area is 223 Å². The fourth-order valence-corrected chi connectivity index (χ4v) is 5.11. The number of hydrogen-bond donors (Lipinski definition) is 1. The Kier molecular flexibility index (Phi) is 8.96. The van der Waals surface area contributed by atoms with Gasteiger partial charge in [-0.25, -0.2) is 19.2 Å². The lowest BCUT2D eigenvalue weighted by Crippen LogP contribution is -2.76. The summed E-state index contributed by atoms with van der Waals surface area (Å²) >= 11 is 0. The van der Waals surface area contributed by atoms with Crippen LogP contribution in [0.5, 0.6) is 0 Å². The summed E-state index contributed by atoms with van der Waals surface area (Å²) in [6.07, 6.45) is 0.540. The Bertz CT molecular complexity index is 1130. The number of urea groups is 1. The van der Waals surface area contributed by atoms with Crippen LogP contribution in [0.4, 0.5) is 9.18 Å². The summed E-state index contributed by atoms with van der Waals surface area (Å²) in [6.45, 7) is 4.60. The average molecular weight is 526 g/mol. The molecule has 1 unspecified atom stereocenters. The van der Waals surface area contributed by atoms with Crippen molar-refractivity contribution >= 4 is 17.8 Å². The quantitative estimate of drug-likeness (QED) is 0.544. The molecule has 204 valence electrons. The Morgan fingerprint density at radius 1 is 1.13 bits per heavy atom. The molecule has 3 atom stereocenters. The molecule has 0 radical (unpaired) electrons. The number of halogens is 1. The van der Waals surface area contributed by atoms with Crippen LogP contribution in [0.2, 0.25) is 0 Å². The number of ether oxygens (including phenoxy) is 1. The monoisotopic (exact) mass is 525 g/mol. The topological polar surface area (TPSA) is 85.4 Å². The summed E-state index contributed by atoms with van der Waals surface area (Å²) in [5, 5.41) is 6.10. The molecule has 0 bridgehead atoms. The van der Waals surface area contributed by atoms with E-state index in [0.717, 1.165) is 5.56 Å². The molecule has 0 spiro atoms. The van der Waals surface area contributed by atoms with E-state index in [9.17, 15) is 18.8 Å². The molecule has 0 saturated carbocycles. The van der Waals surface area contributed by atoms with E-state index in [0.29, 0.717) is 24.9 Å². The third kappa shape index (κ3) is 5.97. The molecule has 4 rings (SSSR count). The van der Waals surface area contributed by atoms with Crippen LogP contribution in [0.3, 0.4) is 0 Å². The summed E-state index contributed by atoms with van der Waals surface area (Å²) in [7, 11) is 1.70. The zero-order chi connectivity index (χ0) is 27.2. The molecule has 2 fully saturated rings. The highest BCUT2D eigenvalue weighted by molar-refractivity contribution is 5.91. The minimum atomic E-state index is -0.668. The fourth-order valence-electron chi connectivity index (χ4n) is 5.11. The van der Waals surface area contributed by atoms with Gasteiger partial charge in [-0.1, -0.05) is 61.9 Å². The first-order valence-corrected chi connectivity index (χ1v) is 13.1. The number of likely N-dealkylation sites (N-methyl/N-ethyl adjacent to an activating group) is 1. The zero-order valence-electron chi connectivity index (χ0n) is 22.2. The second-order valence-corrected chi connectivity index (χ2v) is 9.84. The summed E-state index contributed by atoms with van der Waals surface area (Å²) in [4.78, 5) is 43.4. The van der Waals surface area contributed by atoms with E-state index in [-0.39, 0.29) is 56.0 Å². The maximum Gasteiger partial charge on any atom is 0.334 e. The predicted molar refractivity (Wildman–Crippen MR) is 140 cm³/mol. The molecule has 0 aromatic heterocycles. The van der Waals surface area contributed by atoms with Gasteiger partial charge in [-0.3, -0.25) is 9.59 Å². The van der Waals surface area contributed by atoms with Gasteiger partial charge in [-0.15, -0.1) is 0 Å². The SMILES string of the molecule is CCC[C@H]1C(=O)N(C(C)COCc2ccccc2F)C[C@H]2N1C(=O)CN(C)N2C(=O)NCc1ccccc1. The first kappa shape index (κ1) is 27.5. The first-order chi connectivity index (χ1) is 18.3. The average Bonchev–Trinajstić information content (AvgIpc) is 2.90. The molecular formula is C28H36FN5O4. The van der Waals surface area contributed by atoms with Crippen LogP contribution in [0.25, 0.3) is 0 Å². The van der Waals surface area contributed by atoms with Crippen LogP contribution in [0.1, 0.15) is 37.8 Å². The Balaban J connectivity index is 1.50. The second kappa shape index (κ2) is 12.4. The summed E-state index contributed by atoms with van der Waals surface area (Å²) < 4.78 is 19.8. The minimum absolute atomic E-state index is 0.00402. The largest absolute Gasteiger partial charge is 0.375 e. The second-order valence-electron chi connectivity index (χ2n) is 9.84. The standard InChI is InChI=1S/C28H36FN5O4/c1-4-10-24-27(36)32(20(2)18-38-19-22-13-8-9-14-23(22)29)16-25-33(24)26(35)17-31(3)34(25)28(37)30-15-21-11-6-5-7-12-21/h5-9,11-14,20,24-25H,4,10,15-19H2,1-3H3,(H,30,37)/t20?,24-,25-/m0/s1. The van der Waals surface area contributed by atoms with Gasteiger partial charge in [-0.05, 0) is 25.0 Å². The number of carbonyl (C=O) groups excluding carboxylic acids is 3. The minimum Gasteiger partial charge on any atom is -0.375 e. The van der Waals surface area contributed by atoms with Crippen molar-refractivity contribution in [3.8, 4) is 0 Å². The van der Waals surface area contributed by atoms with Gasteiger partial charge in [0.05, 0.1) is 32.3 Å². The van der Waals surface area contributed by atoms with Crippen molar-refractivity contribution in [3.05, 3.63) is 71.5 Å². The number of nitrogens with one attached hydrogen (secondary N) is 1. The van der Waals surface area contributed by atoms with Gasteiger partial charge >= 0.3 is 6.03 Å². The normalized spacial score (nSPS) is 20.9. The van der Waals surface area contributed by atoms with E-state index < -0.39 is 12.2 Å². The van der Waals surface area contributed by atoms with Gasteiger partial charge in [0.1, 0.15) is 18.0 Å².